The van der Waals surface area contributed by atoms with Crippen LogP contribution in [0, 0.1) is 0 Å². The lowest BCUT2D eigenvalue weighted by Gasteiger charge is -2.34. The Labute approximate surface area is 116 Å². The Balaban J connectivity index is 2.04. The van der Waals surface area contributed by atoms with Gasteiger partial charge < -0.3 is 4.74 Å². The predicted molar refractivity (Wildman–Crippen MR) is 74.9 cm³/mol. The molecular weight excluding hydrogens is 294 g/mol. The fourth-order valence-electron chi connectivity index (χ4n) is 2.23. The molecule has 1 unspecified atom stereocenters. The first kappa shape index (κ1) is 13.7. The highest BCUT2D eigenvalue weighted by Crippen LogP contribution is 2.18. The molecule has 0 bridgehead atoms. The van der Waals surface area contributed by atoms with Crippen LogP contribution in [-0.2, 0) is 4.74 Å². The van der Waals surface area contributed by atoms with Gasteiger partial charge in [0.2, 0.25) is 0 Å². The van der Waals surface area contributed by atoms with Crippen LogP contribution in [0.5, 0.6) is 0 Å². The van der Waals surface area contributed by atoms with Gasteiger partial charge in [0.15, 0.2) is 5.78 Å². The molecule has 4 heteroatoms. The van der Waals surface area contributed by atoms with Gasteiger partial charge in [0.1, 0.15) is 0 Å². The van der Waals surface area contributed by atoms with Gasteiger partial charge >= 0.3 is 0 Å². The molecule has 3 nitrogen and oxygen atoms in total. The van der Waals surface area contributed by atoms with E-state index in [9.17, 15) is 4.79 Å². The summed E-state index contributed by atoms with van der Waals surface area (Å²) in [6.45, 7) is 4.91. The van der Waals surface area contributed by atoms with Crippen LogP contribution < -0.4 is 0 Å². The lowest BCUT2D eigenvalue weighted by Crippen LogP contribution is -2.47. The summed E-state index contributed by atoms with van der Waals surface area (Å²) in [5, 5.41) is 0. The second kappa shape index (κ2) is 6.45. The molecule has 0 aliphatic carbocycles. The molecule has 1 aromatic carbocycles. The maximum Gasteiger partial charge on any atom is 0.177 e. The number of morpholine rings is 1. The van der Waals surface area contributed by atoms with Gasteiger partial charge in [-0.1, -0.05) is 41.1 Å². The first-order valence-electron chi connectivity index (χ1n) is 6.32. The molecule has 98 valence electrons. The molecule has 2 rings (SSSR count). The van der Waals surface area contributed by atoms with Crippen molar-refractivity contribution in [2.75, 3.05) is 26.3 Å². The summed E-state index contributed by atoms with van der Waals surface area (Å²) >= 11 is 3.43. The van der Waals surface area contributed by atoms with E-state index in [-0.39, 0.29) is 5.78 Å². The van der Waals surface area contributed by atoms with Crippen LogP contribution >= 0.6 is 15.9 Å². The molecule has 1 fully saturated rings. The number of Topliss-reactive ketones (excluding diaryl/α,β-unsaturated/α-hetero) is 1. The van der Waals surface area contributed by atoms with E-state index >= 15 is 0 Å². The fraction of sp³-hybridized carbons (Fsp3) is 0.500. The molecule has 0 saturated carbocycles. The molecular formula is C14H18BrNO2. The Morgan fingerprint density at radius 2 is 2.28 bits per heavy atom. The average Bonchev–Trinajstić information content (AvgIpc) is 2.39. The zero-order valence-electron chi connectivity index (χ0n) is 10.6. The molecule has 1 saturated heterocycles. The molecule has 0 aromatic heterocycles. The summed E-state index contributed by atoms with van der Waals surface area (Å²) in [6, 6.07) is 7.96. The highest BCUT2D eigenvalue weighted by molar-refractivity contribution is 9.10. The van der Waals surface area contributed by atoms with Crippen molar-refractivity contribution >= 4 is 21.7 Å². The predicted octanol–water partition coefficient (Wildman–Crippen LogP) is 2.74. The Morgan fingerprint density at radius 1 is 1.50 bits per heavy atom. The van der Waals surface area contributed by atoms with Crippen molar-refractivity contribution in [2.45, 2.75) is 19.4 Å². The van der Waals surface area contributed by atoms with Gasteiger partial charge in [0, 0.05) is 22.6 Å². The monoisotopic (exact) mass is 311 g/mol. The Kier molecular flexibility index (Phi) is 4.92. The van der Waals surface area contributed by atoms with Crippen molar-refractivity contribution < 1.29 is 9.53 Å². The minimum Gasteiger partial charge on any atom is -0.378 e. The molecule has 1 aliphatic heterocycles. The van der Waals surface area contributed by atoms with E-state index in [0.717, 1.165) is 36.2 Å². The van der Waals surface area contributed by atoms with Crippen molar-refractivity contribution in [2.24, 2.45) is 0 Å². The number of nitrogens with zero attached hydrogens (tertiary/aromatic N) is 1. The molecule has 0 radical (unpaired) electrons. The zero-order chi connectivity index (χ0) is 13.0. The quantitative estimate of drug-likeness (QED) is 0.801. The van der Waals surface area contributed by atoms with Crippen molar-refractivity contribution in [1.82, 2.24) is 4.90 Å². The van der Waals surface area contributed by atoms with Gasteiger partial charge in [-0.25, -0.2) is 0 Å². The van der Waals surface area contributed by atoms with E-state index < -0.39 is 0 Å². The van der Waals surface area contributed by atoms with Crippen LogP contribution in [-0.4, -0.2) is 43.0 Å². The van der Waals surface area contributed by atoms with Crippen molar-refractivity contribution in [3.8, 4) is 0 Å². The Hall–Kier alpha value is -0.710. The number of hydrogen-bond acceptors (Lipinski definition) is 3. The molecule has 1 aliphatic rings. The smallest absolute Gasteiger partial charge is 0.177 e. The third-order valence-corrected chi connectivity index (χ3v) is 4.03. The molecule has 1 aromatic rings. The van der Waals surface area contributed by atoms with Crippen LogP contribution in [0.4, 0.5) is 0 Å². The molecule has 18 heavy (non-hydrogen) atoms. The summed E-state index contributed by atoms with van der Waals surface area (Å²) in [4.78, 5) is 14.5. The van der Waals surface area contributed by atoms with E-state index in [0.29, 0.717) is 12.6 Å². The number of hydrogen-bond donors (Lipinski definition) is 0. The van der Waals surface area contributed by atoms with E-state index in [2.05, 4.69) is 27.8 Å². The van der Waals surface area contributed by atoms with E-state index in [4.69, 9.17) is 4.74 Å². The van der Waals surface area contributed by atoms with Crippen molar-refractivity contribution in [3.05, 3.63) is 34.3 Å². The highest BCUT2D eigenvalue weighted by Gasteiger charge is 2.24. The normalized spacial score (nSPS) is 20.9. The van der Waals surface area contributed by atoms with Gasteiger partial charge in [-0.05, 0) is 12.5 Å². The number of ketones is 1. The minimum atomic E-state index is 0.169. The number of ether oxygens (including phenoxy) is 1. The third kappa shape index (κ3) is 3.19. The third-order valence-electron chi connectivity index (χ3n) is 3.34. The first-order valence-corrected chi connectivity index (χ1v) is 7.11. The second-order valence-corrected chi connectivity index (χ2v) is 5.36. The van der Waals surface area contributed by atoms with E-state index in [1.54, 1.807) is 0 Å². The fourth-order valence-corrected chi connectivity index (χ4v) is 2.74. The van der Waals surface area contributed by atoms with Gasteiger partial charge in [0.05, 0.1) is 19.8 Å². The van der Waals surface area contributed by atoms with Gasteiger partial charge in [-0.15, -0.1) is 0 Å². The van der Waals surface area contributed by atoms with Crippen LogP contribution in [0.1, 0.15) is 23.7 Å². The Bertz CT molecular complexity index is 422. The SMILES string of the molecule is CCC1COCCN1CC(=O)c1ccccc1Br. The first-order chi connectivity index (χ1) is 8.72. The molecule has 0 spiro atoms. The largest absolute Gasteiger partial charge is 0.378 e. The van der Waals surface area contributed by atoms with E-state index in [1.165, 1.54) is 0 Å². The van der Waals surface area contributed by atoms with Crippen LogP contribution in [0.15, 0.2) is 28.7 Å². The second-order valence-electron chi connectivity index (χ2n) is 4.51. The maximum absolute atomic E-state index is 12.3. The molecule has 0 amide bonds. The molecule has 1 heterocycles. The lowest BCUT2D eigenvalue weighted by atomic mass is 10.1. The zero-order valence-corrected chi connectivity index (χ0v) is 12.1. The summed E-state index contributed by atoms with van der Waals surface area (Å²) in [5.74, 6) is 0.169. The molecule has 0 N–H and O–H groups in total. The van der Waals surface area contributed by atoms with Gasteiger partial charge in [0.25, 0.3) is 0 Å². The summed E-state index contributed by atoms with van der Waals surface area (Å²) < 4.78 is 6.32. The summed E-state index contributed by atoms with van der Waals surface area (Å²) in [5.41, 5.74) is 0.763. The number of halogens is 1. The number of rotatable bonds is 4. The summed E-state index contributed by atoms with van der Waals surface area (Å²) in [7, 11) is 0. The van der Waals surface area contributed by atoms with Crippen LogP contribution in [0.25, 0.3) is 0 Å². The average molecular weight is 312 g/mol. The maximum atomic E-state index is 12.3. The highest BCUT2D eigenvalue weighted by atomic mass is 79.9. The number of benzene rings is 1. The molecule has 1 atom stereocenters. The van der Waals surface area contributed by atoms with E-state index in [1.807, 2.05) is 24.3 Å². The standard InChI is InChI=1S/C14H18BrNO2/c1-2-11-10-18-8-7-16(11)9-14(17)12-5-3-4-6-13(12)15/h3-6,11H,2,7-10H2,1H3. The van der Waals surface area contributed by atoms with Crippen LogP contribution in [0.3, 0.4) is 0 Å². The van der Waals surface area contributed by atoms with Gasteiger partial charge in [-0.2, -0.15) is 0 Å². The minimum absolute atomic E-state index is 0.169. The topological polar surface area (TPSA) is 29.5 Å². The number of carbonyl (C=O) groups is 1. The van der Waals surface area contributed by atoms with Crippen LogP contribution in [0.2, 0.25) is 0 Å². The Morgan fingerprint density at radius 3 is 3.00 bits per heavy atom. The van der Waals surface area contributed by atoms with Gasteiger partial charge in [-0.3, -0.25) is 9.69 Å². The lowest BCUT2D eigenvalue weighted by molar-refractivity contribution is -0.00586. The summed E-state index contributed by atoms with van der Waals surface area (Å²) in [6.07, 6.45) is 1.02. The van der Waals surface area contributed by atoms with Crippen molar-refractivity contribution in [3.63, 3.8) is 0 Å². The number of carbonyl (C=O) groups excluding carboxylic acids is 1. The van der Waals surface area contributed by atoms with Crippen molar-refractivity contribution in [1.29, 1.82) is 0 Å².